The lowest BCUT2D eigenvalue weighted by Crippen LogP contribution is -2.44. The Labute approximate surface area is 237 Å². The molecule has 1 saturated heterocycles. The Morgan fingerprint density at radius 2 is 1.73 bits per heavy atom. The number of amides is 4. The Morgan fingerprint density at radius 3 is 2.48 bits per heavy atom. The minimum atomic E-state index is -0.482. The first-order chi connectivity index (χ1) is 19.3. The highest BCUT2D eigenvalue weighted by molar-refractivity contribution is 8.18. The van der Waals surface area contributed by atoms with Crippen molar-refractivity contribution in [3.8, 4) is 5.75 Å². The highest BCUT2D eigenvalue weighted by Gasteiger charge is 2.37. The number of imide groups is 1. The van der Waals surface area contributed by atoms with Crippen LogP contribution >= 0.6 is 11.8 Å². The zero-order valence-corrected chi connectivity index (χ0v) is 23.1. The second-order valence-electron chi connectivity index (χ2n) is 9.81. The molecule has 8 nitrogen and oxygen atoms in total. The predicted molar refractivity (Wildman–Crippen MR) is 155 cm³/mol. The first-order valence-corrected chi connectivity index (χ1v) is 13.8. The lowest BCUT2D eigenvalue weighted by Gasteiger charge is -2.29. The fourth-order valence-corrected chi connectivity index (χ4v) is 5.40. The molecule has 3 aromatic rings. The number of nitrogens with one attached hydrogen (secondary N) is 1. The van der Waals surface area contributed by atoms with Gasteiger partial charge in [-0.05, 0) is 90.2 Å². The molecule has 2 aliphatic rings. The summed E-state index contributed by atoms with van der Waals surface area (Å²) in [6, 6.07) is 20.5. The van der Waals surface area contributed by atoms with Gasteiger partial charge in [0.25, 0.3) is 17.1 Å². The van der Waals surface area contributed by atoms with Crippen molar-refractivity contribution >= 4 is 46.5 Å². The molecule has 40 heavy (non-hydrogen) atoms. The smallest absolute Gasteiger partial charge is 0.294 e. The van der Waals surface area contributed by atoms with Crippen LogP contribution in [0.1, 0.15) is 27.8 Å². The highest BCUT2D eigenvalue weighted by atomic mass is 32.2. The number of aryl methyl sites for hydroxylation is 2. The van der Waals surface area contributed by atoms with Gasteiger partial charge in [-0.25, -0.2) is 0 Å². The summed E-state index contributed by atoms with van der Waals surface area (Å²) < 4.78 is 5.59. The summed E-state index contributed by atoms with van der Waals surface area (Å²) in [5.41, 5.74) is 5.95. The third-order valence-corrected chi connectivity index (χ3v) is 7.90. The summed E-state index contributed by atoms with van der Waals surface area (Å²) in [4.78, 5) is 53.6. The Kier molecular flexibility index (Phi) is 8.02. The third-order valence-electron chi connectivity index (χ3n) is 6.99. The van der Waals surface area contributed by atoms with E-state index in [1.165, 1.54) is 5.56 Å². The Balaban J connectivity index is 1.14. The van der Waals surface area contributed by atoms with Crippen LogP contribution in [-0.2, 0) is 27.3 Å². The molecule has 2 heterocycles. The average molecular weight is 556 g/mol. The van der Waals surface area contributed by atoms with E-state index >= 15 is 0 Å². The molecule has 5 rings (SSSR count). The molecule has 0 aromatic heterocycles. The Morgan fingerprint density at radius 1 is 0.975 bits per heavy atom. The summed E-state index contributed by atoms with van der Waals surface area (Å²) in [5.74, 6) is -0.510. The minimum absolute atomic E-state index is 0.151. The number of nitrogens with zero attached hydrogens (tertiary/aromatic N) is 2. The lowest BCUT2D eigenvalue weighted by molar-refractivity contribution is -0.136. The fourth-order valence-electron chi connectivity index (χ4n) is 4.56. The molecule has 0 atom stereocenters. The van der Waals surface area contributed by atoms with Crippen molar-refractivity contribution in [3.63, 3.8) is 0 Å². The number of carbonyl (C=O) groups excluding carboxylic acids is 4. The Hall–Kier alpha value is -4.37. The van der Waals surface area contributed by atoms with Crippen molar-refractivity contribution in [2.45, 2.75) is 26.8 Å². The van der Waals surface area contributed by atoms with Gasteiger partial charge in [-0.2, -0.15) is 0 Å². The number of fused-ring (bicyclic) bond motifs is 1. The molecule has 1 fully saturated rings. The Bertz CT molecular complexity index is 1520. The summed E-state index contributed by atoms with van der Waals surface area (Å²) in [6.07, 6.45) is 2.36. The number of hydrogen-bond donors (Lipinski definition) is 1. The van der Waals surface area contributed by atoms with Crippen LogP contribution in [-0.4, -0.2) is 52.5 Å². The molecule has 0 spiro atoms. The maximum atomic E-state index is 12.9. The number of thioether (sulfide) groups is 1. The van der Waals surface area contributed by atoms with E-state index in [0.717, 1.165) is 39.8 Å². The molecule has 0 unspecified atom stereocenters. The van der Waals surface area contributed by atoms with Crippen molar-refractivity contribution in [2.24, 2.45) is 0 Å². The van der Waals surface area contributed by atoms with E-state index < -0.39 is 11.1 Å². The molecule has 9 heteroatoms. The molecule has 0 saturated carbocycles. The van der Waals surface area contributed by atoms with Gasteiger partial charge in [0.2, 0.25) is 5.91 Å². The van der Waals surface area contributed by atoms with Crippen molar-refractivity contribution < 1.29 is 23.9 Å². The van der Waals surface area contributed by atoms with Gasteiger partial charge in [-0.1, -0.05) is 42.5 Å². The van der Waals surface area contributed by atoms with Crippen molar-refractivity contribution in [1.29, 1.82) is 0 Å². The second-order valence-corrected chi connectivity index (χ2v) is 10.8. The van der Waals surface area contributed by atoms with Crippen LogP contribution in [0.4, 0.5) is 10.5 Å². The van der Waals surface area contributed by atoms with Gasteiger partial charge in [0.1, 0.15) is 12.3 Å². The number of rotatable bonds is 7. The number of carbonyl (C=O) groups is 4. The van der Waals surface area contributed by atoms with Crippen LogP contribution < -0.4 is 10.1 Å². The van der Waals surface area contributed by atoms with Crippen LogP contribution in [0.3, 0.4) is 0 Å². The molecule has 3 aromatic carbocycles. The molecular weight excluding hydrogens is 526 g/mol. The van der Waals surface area contributed by atoms with E-state index in [-0.39, 0.29) is 29.9 Å². The van der Waals surface area contributed by atoms with Gasteiger partial charge in [0, 0.05) is 18.8 Å². The molecular formula is C31H29N3O5S. The van der Waals surface area contributed by atoms with Crippen LogP contribution in [0.15, 0.2) is 71.6 Å². The maximum Gasteiger partial charge on any atom is 0.294 e. The third kappa shape index (κ3) is 6.26. The average Bonchev–Trinajstić information content (AvgIpc) is 3.21. The number of benzene rings is 3. The quantitative estimate of drug-likeness (QED) is 0.415. The minimum Gasteiger partial charge on any atom is -0.484 e. The number of anilines is 1. The monoisotopic (exact) mass is 555 g/mol. The van der Waals surface area contributed by atoms with E-state index in [2.05, 4.69) is 11.4 Å². The zero-order valence-electron chi connectivity index (χ0n) is 22.3. The van der Waals surface area contributed by atoms with Crippen LogP contribution in [0.25, 0.3) is 6.08 Å². The molecule has 4 amide bonds. The van der Waals surface area contributed by atoms with E-state index in [1.54, 1.807) is 35.2 Å². The standard InChI is InChI=1S/C31H29N3O5S/c1-20-7-10-25(15-21(20)2)32-28(35)19-39-26-11-8-22(9-12-26)16-27-30(37)34(31(38)40-27)18-29(36)33-14-13-23-5-3-4-6-24(23)17-33/h3-12,15-16H,13-14,17-19H2,1-2H3,(H,32,35)/b27-16-. The molecule has 1 N–H and O–H groups in total. The SMILES string of the molecule is Cc1ccc(NC(=O)COc2ccc(/C=C3\SC(=O)N(CC(=O)N4CCc5ccccc5C4)C3=O)cc2)cc1C. The first-order valence-electron chi connectivity index (χ1n) is 13.0. The number of hydrogen-bond acceptors (Lipinski definition) is 6. The molecule has 2 aliphatic heterocycles. The second kappa shape index (κ2) is 11.8. The van der Waals surface area contributed by atoms with E-state index in [1.807, 2.05) is 50.2 Å². The summed E-state index contributed by atoms with van der Waals surface area (Å²) >= 11 is 0.819. The van der Waals surface area contributed by atoms with Crippen molar-refractivity contribution in [3.05, 3.63) is 99.5 Å². The molecule has 204 valence electrons. The van der Waals surface area contributed by atoms with Gasteiger partial charge < -0.3 is 15.0 Å². The van der Waals surface area contributed by atoms with E-state index in [0.29, 0.717) is 30.1 Å². The van der Waals surface area contributed by atoms with Crippen LogP contribution in [0.5, 0.6) is 5.75 Å². The predicted octanol–water partition coefficient (Wildman–Crippen LogP) is 4.94. The van der Waals surface area contributed by atoms with Gasteiger partial charge >= 0.3 is 0 Å². The summed E-state index contributed by atoms with van der Waals surface area (Å²) in [7, 11) is 0. The van der Waals surface area contributed by atoms with Gasteiger partial charge in [-0.3, -0.25) is 24.1 Å². The van der Waals surface area contributed by atoms with Gasteiger partial charge in [0.15, 0.2) is 6.61 Å². The zero-order chi connectivity index (χ0) is 28.2. The van der Waals surface area contributed by atoms with Crippen molar-refractivity contribution in [1.82, 2.24) is 9.80 Å². The lowest BCUT2D eigenvalue weighted by atomic mass is 10.00. The van der Waals surface area contributed by atoms with E-state index in [4.69, 9.17) is 4.74 Å². The maximum absolute atomic E-state index is 12.9. The van der Waals surface area contributed by atoms with Crippen LogP contribution in [0.2, 0.25) is 0 Å². The topological polar surface area (TPSA) is 96.0 Å². The summed E-state index contributed by atoms with van der Waals surface area (Å²) in [6.45, 7) is 4.60. The number of ether oxygens (including phenoxy) is 1. The largest absolute Gasteiger partial charge is 0.484 e. The highest BCUT2D eigenvalue weighted by Crippen LogP contribution is 2.32. The summed E-state index contributed by atoms with van der Waals surface area (Å²) in [5, 5.41) is 2.35. The first kappa shape index (κ1) is 27.2. The van der Waals surface area contributed by atoms with Crippen LogP contribution in [0, 0.1) is 13.8 Å². The van der Waals surface area contributed by atoms with Gasteiger partial charge in [-0.15, -0.1) is 0 Å². The molecule has 0 radical (unpaired) electrons. The normalized spacial score (nSPS) is 15.8. The fraction of sp³-hybridized carbons (Fsp3) is 0.226. The van der Waals surface area contributed by atoms with Crippen molar-refractivity contribution in [2.75, 3.05) is 25.0 Å². The molecule has 0 bridgehead atoms. The van der Waals surface area contributed by atoms with Gasteiger partial charge in [0.05, 0.1) is 4.91 Å². The van der Waals surface area contributed by atoms with E-state index in [9.17, 15) is 19.2 Å². The molecule has 0 aliphatic carbocycles.